The Morgan fingerprint density at radius 2 is 1.50 bits per heavy atom. The summed E-state index contributed by atoms with van der Waals surface area (Å²) in [5.41, 5.74) is 1.01. The Morgan fingerprint density at radius 1 is 0.750 bits per heavy atom. The van der Waals surface area contributed by atoms with Gasteiger partial charge in [-0.25, -0.2) is 13.2 Å². The number of hydrogen-bond acceptors (Lipinski definition) is 0. The smallest absolute Gasteiger partial charge is 0.159 e. The van der Waals surface area contributed by atoms with Crippen molar-refractivity contribution in [3.63, 3.8) is 0 Å². The zero-order chi connectivity index (χ0) is 11.5. The van der Waals surface area contributed by atoms with Crippen LogP contribution in [0.2, 0.25) is 0 Å². The van der Waals surface area contributed by atoms with Crippen molar-refractivity contribution in [3.8, 4) is 0 Å². The zero-order valence-corrected chi connectivity index (χ0v) is 8.38. The molecule has 0 aromatic heterocycles. The summed E-state index contributed by atoms with van der Waals surface area (Å²) in [6.45, 7) is 0. The van der Waals surface area contributed by atoms with E-state index < -0.39 is 11.6 Å². The van der Waals surface area contributed by atoms with Gasteiger partial charge in [0.05, 0.1) is 0 Å². The number of hydrogen-bond donors (Lipinski definition) is 0. The van der Waals surface area contributed by atoms with E-state index in [-0.39, 0.29) is 12.2 Å². The number of halogens is 3. The largest absolute Gasteiger partial charge is 0.207 e. The Labute approximate surface area is 91.4 Å². The van der Waals surface area contributed by atoms with Crippen molar-refractivity contribution in [1.82, 2.24) is 0 Å². The normalized spacial score (nSPS) is 10.4. The van der Waals surface area contributed by atoms with Gasteiger partial charge in [-0.3, -0.25) is 0 Å². The second kappa shape index (κ2) is 4.39. The topological polar surface area (TPSA) is 0 Å². The third-order valence-electron chi connectivity index (χ3n) is 2.34. The average molecular weight is 222 g/mol. The van der Waals surface area contributed by atoms with Gasteiger partial charge in [0.15, 0.2) is 11.6 Å². The maximum absolute atomic E-state index is 13.3. The molecule has 0 saturated carbocycles. The van der Waals surface area contributed by atoms with E-state index in [0.717, 1.165) is 12.1 Å². The van der Waals surface area contributed by atoms with E-state index in [2.05, 4.69) is 0 Å². The maximum Gasteiger partial charge on any atom is 0.159 e. The first-order valence-electron chi connectivity index (χ1n) is 4.84. The van der Waals surface area contributed by atoms with Gasteiger partial charge in [-0.2, -0.15) is 0 Å². The first-order valence-corrected chi connectivity index (χ1v) is 4.84. The van der Waals surface area contributed by atoms with Crippen LogP contribution in [0.5, 0.6) is 0 Å². The summed E-state index contributed by atoms with van der Waals surface area (Å²) < 4.78 is 38.9. The SMILES string of the molecule is Fc1ccc(Cc2ccccc2F)cc1F. The quantitative estimate of drug-likeness (QED) is 0.726. The minimum atomic E-state index is -0.908. The van der Waals surface area contributed by atoms with Crippen molar-refractivity contribution in [1.29, 1.82) is 0 Å². The molecule has 0 saturated heterocycles. The third-order valence-corrected chi connectivity index (χ3v) is 2.34. The fourth-order valence-electron chi connectivity index (χ4n) is 1.51. The molecule has 0 atom stereocenters. The van der Waals surface area contributed by atoms with E-state index in [1.807, 2.05) is 0 Å². The molecule has 0 N–H and O–H groups in total. The van der Waals surface area contributed by atoms with Gasteiger partial charge in [-0.05, 0) is 29.3 Å². The lowest BCUT2D eigenvalue weighted by Crippen LogP contribution is -1.94. The molecule has 2 rings (SSSR count). The first kappa shape index (κ1) is 10.7. The lowest BCUT2D eigenvalue weighted by Gasteiger charge is -2.03. The van der Waals surface area contributed by atoms with Crippen LogP contribution < -0.4 is 0 Å². The van der Waals surface area contributed by atoms with Crippen molar-refractivity contribution in [2.45, 2.75) is 6.42 Å². The summed E-state index contributed by atoms with van der Waals surface area (Å²) >= 11 is 0. The minimum Gasteiger partial charge on any atom is -0.207 e. The fourth-order valence-corrected chi connectivity index (χ4v) is 1.51. The van der Waals surface area contributed by atoms with Crippen LogP contribution in [0.15, 0.2) is 42.5 Å². The monoisotopic (exact) mass is 222 g/mol. The lowest BCUT2D eigenvalue weighted by molar-refractivity contribution is 0.507. The Morgan fingerprint density at radius 3 is 2.19 bits per heavy atom. The average Bonchev–Trinajstić information content (AvgIpc) is 2.27. The molecule has 0 fully saturated rings. The standard InChI is InChI=1S/C13H9F3/c14-11-4-2-1-3-10(11)7-9-5-6-12(15)13(16)8-9/h1-6,8H,7H2. The van der Waals surface area contributed by atoms with E-state index in [1.165, 1.54) is 12.1 Å². The highest BCUT2D eigenvalue weighted by molar-refractivity contribution is 5.27. The van der Waals surface area contributed by atoms with Crippen LogP contribution in [-0.4, -0.2) is 0 Å². The molecule has 0 aliphatic heterocycles. The van der Waals surface area contributed by atoms with Crippen LogP contribution in [-0.2, 0) is 6.42 Å². The van der Waals surface area contributed by atoms with Crippen LogP contribution in [0.4, 0.5) is 13.2 Å². The highest BCUT2D eigenvalue weighted by Gasteiger charge is 2.05. The predicted molar refractivity (Wildman–Crippen MR) is 55.6 cm³/mol. The van der Waals surface area contributed by atoms with Crippen LogP contribution in [0.3, 0.4) is 0 Å². The summed E-state index contributed by atoms with van der Waals surface area (Å²) in [6.07, 6.45) is 0.254. The molecule has 0 amide bonds. The van der Waals surface area contributed by atoms with Crippen LogP contribution in [0.1, 0.15) is 11.1 Å². The molecule has 0 radical (unpaired) electrons. The molecular formula is C13H9F3. The highest BCUT2D eigenvalue weighted by Crippen LogP contribution is 2.15. The molecule has 82 valence electrons. The van der Waals surface area contributed by atoms with Crippen molar-refractivity contribution in [2.75, 3.05) is 0 Å². The van der Waals surface area contributed by atoms with Gasteiger partial charge in [0.1, 0.15) is 5.82 Å². The molecule has 0 heterocycles. The van der Waals surface area contributed by atoms with Gasteiger partial charge in [0.2, 0.25) is 0 Å². The fraction of sp³-hybridized carbons (Fsp3) is 0.0769. The molecule has 3 heteroatoms. The Hall–Kier alpha value is -1.77. The molecule has 0 unspecified atom stereocenters. The lowest BCUT2D eigenvalue weighted by atomic mass is 10.0. The van der Waals surface area contributed by atoms with Crippen LogP contribution in [0, 0.1) is 17.5 Å². The second-order valence-electron chi connectivity index (χ2n) is 3.52. The second-order valence-corrected chi connectivity index (χ2v) is 3.52. The molecule has 0 nitrogen and oxygen atoms in total. The van der Waals surface area contributed by atoms with Crippen molar-refractivity contribution < 1.29 is 13.2 Å². The van der Waals surface area contributed by atoms with Crippen molar-refractivity contribution in [3.05, 3.63) is 71.0 Å². The van der Waals surface area contributed by atoms with E-state index in [9.17, 15) is 13.2 Å². The molecule has 0 spiro atoms. The van der Waals surface area contributed by atoms with Gasteiger partial charge in [0, 0.05) is 6.42 Å². The summed E-state index contributed by atoms with van der Waals surface area (Å²) in [5, 5.41) is 0. The summed E-state index contributed by atoms with van der Waals surface area (Å²) in [4.78, 5) is 0. The molecule has 0 aliphatic carbocycles. The predicted octanol–water partition coefficient (Wildman–Crippen LogP) is 3.69. The highest BCUT2D eigenvalue weighted by atomic mass is 19.2. The van der Waals surface area contributed by atoms with Crippen molar-refractivity contribution in [2.24, 2.45) is 0 Å². The summed E-state index contributed by atoms with van der Waals surface area (Å²) in [6, 6.07) is 9.84. The van der Waals surface area contributed by atoms with Gasteiger partial charge in [-0.1, -0.05) is 24.3 Å². The van der Waals surface area contributed by atoms with E-state index in [0.29, 0.717) is 11.1 Å². The Kier molecular flexibility index (Phi) is 2.95. The Bertz CT molecular complexity index is 506. The van der Waals surface area contributed by atoms with Crippen LogP contribution >= 0.6 is 0 Å². The van der Waals surface area contributed by atoms with E-state index in [1.54, 1.807) is 18.2 Å². The third kappa shape index (κ3) is 2.24. The number of benzene rings is 2. The van der Waals surface area contributed by atoms with Gasteiger partial charge in [0.25, 0.3) is 0 Å². The Balaban J connectivity index is 2.28. The van der Waals surface area contributed by atoms with Gasteiger partial charge in [-0.15, -0.1) is 0 Å². The maximum atomic E-state index is 13.3. The molecule has 16 heavy (non-hydrogen) atoms. The van der Waals surface area contributed by atoms with Gasteiger partial charge >= 0.3 is 0 Å². The minimum absolute atomic E-state index is 0.254. The van der Waals surface area contributed by atoms with E-state index >= 15 is 0 Å². The molecule has 2 aromatic rings. The van der Waals surface area contributed by atoms with Gasteiger partial charge < -0.3 is 0 Å². The summed E-state index contributed by atoms with van der Waals surface area (Å²) in [5.74, 6) is -2.14. The van der Waals surface area contributed by atoms with E-state index in [4.69, 9.17) is 0 Å². The molecule has 0 aliphatic rings. The number of rotatable bonds is 2. The van der Waals surface area contributed by atoms with Crippen molar-refractivity contribution >= 4 is 0 Å². The molecular weight excluding hydrogens is 213 g/mol. The zero-order valence-electron chi connectivity index (χ0n) is 8.38. The molecule has 0 bridgehead atoms. The summed E-state index contributed by atoms with van der Waals surface area (Å²) in [7, 11) is 0. The van der Waals surface area contributed by atoms with Crippen LogP contribution in [0.25, 0.3) is 0 Å². The molecule has 2 aromatic carbocycles. The first-order chi connectivity index (χ1) is 7.66.